The number of likely N-dealkylation sites (N-methyl/N-ethyl adjacent to an activating group) is 1. The van der Waals surface area contributed by atoms with Crippen molar-refractivity contribution in [1.29, 1.82) is 0 Å². The van der Waals surface area contributed by atoms with Gasteiger partial charge in [-0.15, -0.1) is 0 Å². The van der Waals surface area contributed by atoms with Crippen molar-refractivity contribution < 1.29 is 0 Å². The van der Waals surface area contributed by atoms with Crippen molar-refractivity contribution in [2.24, 2.45) is 0 Å². The van der Waals surface area contributed by atoms with Gasteiger partial charge in [-0.05, 0) is 14.0 Å². The average molecular weight is 250 g/mol. The van der Waals surface area contributed by atoms with Gasteiger partial charge in [-0.2, -0.15) is 0 Å². The third-order valence-electron chi connectivity index (χ3n) is 2.78. The lowest BCUT2D eigenvalue weighted by Crippen LogP contribution is -2.40. The Hall–Kier alpha value is -0.860. The number of nitrogens with zero attached hydrogens (tertiary/aromatic N) is 1. The van der Waals surface area contributed by atoms with Crippen LogP contribution >= 0.6 is 0 Å². The fourth-order valence-corrected chi connectivity index (χ4v) is 1.31. The zero-order chi connectivity index (χ0) is 13.6. The van der Waals surface area contributed by atoms with Crippen molar-refractivity contribution in [2.45, 2.75) is 33.6 Å². The summed E-state index contributed by atoms with van der Waals surface area (Å²) < 4.78 is 0. The molecule has 1 aliphatic rings. The lowest BCUT2D eigenvalue weighted by atomic mass is 10.2. The molecule has 104 valence electrons. The van der Waals surface area contributed by atoms with Crippen molar-refractivity contribution in [3.05, 3.63) is 35.9 Å². The normalized spacial score (nSPS) is 14.9. The minimum atomic E-state index is 1.16. The fourth-order valence-electron chi connectivity index (χ4n) is 1.31. The van der Waals surface area contributed by atoms with Gasteiger partial charge in [0.25, 0.3) is 0 Å². The van der Waals surface area contributed by atoms with Gasteiger partial charge in [0, 0.05) is 26.2 Å². The maximum absolute atomic E-state index is 3.27. The first-order chi connectivity index (χ1) is 8.70. The molecule has 1 aromatic carbocycles. The summed E-state index contributed by atoms with van der Waals surface area (Å²) in [4.78, 5) is 2.33. The van der Waals surface area contributed by atoms with Crippen LogP contribution in [-0.4, -0.2) is 38.1 Å². The zero-order valence-corrected chi connectivity index (χ0v) is 12.6. The third-order valence-corrected chi connectivity index (χ3v) is 2.78. The van der Waals surface area contributed by atoms with Gasteiger partial charge < -0.3 is 10.2 Å². The molecular weight excluding hydrogens is 220 g/mol. The Morgan fingerprint density at radius 1 is 1.00 bits per heavy atom. The second kappa shape index (κ2) is 12.6. The van der Waals surface area contributed by atoms with Gasteiger partial charge in [0.2, 0.25) is 0 Å². The maximum atomic E-state index is 3.27. The molecule has 1 fully saturated rings. The van der Waals surface area contributed by atoms with Gasteiger partial charge >= 0.3 is 0 Å². The number of aryl methyl sites for hydroxylation is 1. The van der Waals surface area contributed by atoms with E-state index < -0.39 is 0 Å². The number of piperazine rings is 1. The summed E-state index contributed by atoms with van der Waals surface area (Å²) in [6.07, 6.45) is 2.64. The van der Waals surface area contributed by atoms with Crippen molar-refractivity contribution in [1.82, 2.24) is 10.2 Å². The summed E-state index contributed by atoms with van der Waals surface area (Å²) in [7, 11) is 2.15. The van der Waals surface area contributed by atoms with E-state index in [-0.39, 0.29) is 0 Å². The Morgan fingerprint density at radius 3 is 1.72 bits per heavy atom. The van der Waals surface area contributed by atoms with Crippen LogP contribution in [0.15, 0.2) is 30.3 Å². The molecule has 2 heteroatoms. The largest absolute Gasteiger partial charge is 0.314 e. The molecule has 1 heterocycles. The van der Waals surface area contributed by atoms with Crippen LogP contribution in [0.2, 0.25) is 0 Å². The second-order valence-electron chi connectivity index (χ2n) is 4.71. The Balaban J connectivity index is 0.000000253. The van der Waals surface area contributed by atoms with Crippen molar-refractivity contribution in [3.63, 3.8) is 0 Å². The van der Waals surface area contributed by atoms with E-state index in [9.17, 15) is 0 Å². The van der Waals surface area contributed by atoms with Gasteiger partial charge in [-0.3, -0.25) is 0 Å². The summed E-state index contributed by atoms with van der Waals surface area (Å²) in [5, 5.41) is 3.27. The molecule has 0 unspecified atom stereocenters. The number of rotatable bonds is 1. The van der Waals surface area contributed by atoms with Crippen LogP contribution in [-0.2, 0) is 0 Å². The first kappa shape index (κ1) is 17.1. The molecule has 2 rings (SSSR count). The van der Waals surface area contributed by atoms with Gasteiger partial charge in [0.15, 0.2) is 0 Å². The van der Waals surface area contributed by atoms with Crippen LogP contribution in [0.25, 0.3) is 0 Å². The van der Waals surface area contributed by atoms with Crippen LogP contribution in [0, 0.1) is 6.92 Å². The number of benzene rings is 1. The molecule has 0 saturated carbocycles. The van der Waals surface area contributed by atoms with Crippen LogP contribution in [0.1, 0.15) is 32.3 Å². The van der Waals surface area contributed by atoms with E-state index in [2.05, 4.69) is 50.2 Å². The van der Waals surface area contributed by atoms with E-state index in [0.717, 1.165) is 13.1 Å². The smallest absolute Gasteiger partial charge is 0.0104 e. The molecule has 0 amide bonds. The Kier molecular flexibility index (Phi) is 12.0. The first-order valence-electron chi connectivity index (χ1n) is 7.11. The minimum Gasteiger partial charge on any atom is -0.314 e. The number of nitrogens with one attached hydrogen (secondary N) is 1. The molecule has 0 spiro atoms. The average Bonchev–Trinajstić information content (AvgIpc) is 2.41. The minimum absolute atomic E-state index is 1.16. The highest BCUT2D eigenvalue weighted by Gasteiger charge is 2.01. The lowest BCUT2D eigenvalue weighted by Gasteiger charge is -2.21. The highest BCUT2D eigenvalue weighted by Crippen LogP contribution is 1.92. The number of hydrogen-bond acceptors (Lipinski definition) is 2. The van der Waals surface area contributed by atoms with E-state index in [1.807, 2.05) is 18.2 Å². The van der Waals surface area contributed by atoms with Gasteiger partial charge in [0.05, 0.1) is 0 Å². The molecule has 0 aromatic heterocycles. The van der Waals surface area contributed by atoms with E-state index in [1.165, 1.54) is 31.5 Å². The summed E-state index contributed by atoms with van der Waals surface area (Å²) in [6.45, 7) is 11.2. The van der Waals surface area contributed by atoms with Gasteiger partial charge in [0.1, 0.15) is 0 Å². The Morgan fingerprint density at radius 2 is 1.50 bits per heavy atom. The monoisotopic (exact) mass is 250 g/mol. The molecular formula is C16H30N2. The molecule has 0 bridgehead atoms. The molecule has 1 saturated heterocycles. The highest BCUT2D eigenvalue weighted by molar-refractivity contribution is 5.11. The summed E-state index contributed by atoms with van der Waals surface area (Å²) in [6, 6.07) is 10.3. The highest BCUT2D eigenvalue weighted by atomic mass is 15.2. The van der Waals surface area contributed by atoms with Crippen LogP contribution in [0.4, 0.5) is 0 Å². The molecule has 1 N–H and O–H groups in total. The molecule has 0 aliphatic carbocycles. The molecule has 2 nitrogen and oxygen atoms in total. The maximum Gasteiger partial charge on any atom is 0.0104 e. The molecule has 1 aromatic rings. The predicted octanol–water partition coefficient (Wildman–Crippen LogP) is 3.32. The Labute approximate surface area is 113 Å². The summed E-state index contributed by atoms with van der Waals surface area (Å²) >= 11 is 0. The molecule has 0 radical (unpaired) electrons. The van der Waals surface area contributed by atoms with Crippen LogP contribution in [0.5, 0.6) is 0 Å². The first-order valence-corrected chi connectivity index (χ1v) is 7.11. The number of hydrogen-bond donors (Lipinski definition) is 1. The topological polar surface area (TPSA) is 15.3 Å². The third kappa shape index (κ3) is 11.6. The van der Waals surface area contributed by atoms with Crippen molar-refractivity contribution >= 4 is 0 Å². The van der Waals surface area contributed by atoms with Gasteiger partial charge in [-0.25, -0.2) is 0 Å². The van der Waals surface area contributed by atoms with Crippen molar-refractivity contribution in [3.8, 4) is 0 Å². The standard InChI is InChI=1S/C7H8.C5H12N2.C4H10/c1-7-5-3-2-4-6-7;1-7-4-2-6-3-5-7;1-3-4-2/h2-6H,1H3;6H,2-5H2,1H3;3-4H2,1-2H3. The Bertz CT molecular complexity index is 251. The van der Waals surface area contributed by atoms with Crippen LogP contribution in [0.3, 0.4) is 0 Å². The summed E-state index contributed by atoms with van der Waals surface area (Å²) in [5.41, 5.74) is 1.32. The fraction of sp³-hybridized carbons (Fsp3) is 0.625. The van der Waals surface area contributed by atoms with E-state index in [0.29, 0.717) is 0 Å². The van der Waals surface area contributed by atoms with E-state index >= 15 is 0 Å². The second-order valence-corrected chi connectivity index (χ2v) is 4.71. The van der Waals surface area contributed by atoms with Crippen molar-refractivity contribution in [2.75, 3.05) is 33.2 Å². The molecule has 0 atom stereocenters. The van der Waals surface area contributed by atoms with Crippen LogP contribution < -0.4 is 5.32 Å². The predicted molar refractivity (Wildman–Crippen MR) is 82.1 cm³/mol. The van der Waals surface area contributed by atoms with Gasteiger partial charge in [-0.1, -0.05) is 62.6 Å². The summed E-state index contributed by atoms with van der Waals surface area (Å²) in [5.74, 6) is 0. The van der Waals surface area contributed by atoms with E-state index in [1.54, 1.807) is 0 Å². The molecule has 18 heavy (non-hydrogen) atoms. The lowest BCUT2D eigenvalue weighted by molar-refractivity contribution is 0.291. The number of unbranched alkanes of at least 4 members (excludes halogenated alkanes) is 1. The molecule has 1 aliphatic heterocycles. The SMILES string of the molecule is CCCC.CN1CCNCC1.Cc1ccccc1. The zero-order valence-electron chi connectivity index (χ0n) is 12.6. The van der Waals surface area contributed by atoms with E-state index in [4.69, 9.17) is 0 Å². The quantitative estimate of drug-likeness (QED) is 0.822.